The third-order valence-electron chi connectivity index (χ3n) is 4.41. The summed E-state index contributed by atoms with van der Waals surface area (Å²) in [5.41, 5.74) is 6.55. The van der Waals surface area contributed by atoms with Crippen molar-refractivity contribution in [2.45, 2.75) is 18.9 Å². The van der Waals surface area contributed by atoms with Gasteiger partial charge < -0.3 is 15.5 Å². The molecule has 6 heteroatoms. The number of hydrogen-bond donors (Lipinski definition) is 1. The van der Waals surface area contributed by atoms with E-state index in [0.717, 1.165) is 18.7 Å². The van der Waals surface area contributed by atoms with E-state index in [2.05, 4.69) is 17.0 Å². The standard InChI is InChI=1S/C17H26N4O2/c1-19(14-7-4-3-5-8-14)10-6-9-16(22)21-12-11-20(2)15(13-21)17(18)23/h3-5,7-8,15H,6,9-13H2,1-2H3,(H2,18,23)/t15-/m1/s1. The number of likely N-dealkylation sites (N-methyl/N-ethyl adjacent to an activating group) is 1. The zero-order valence-electron chi connectivity index (χ0n) is 13.9. The van der Waals surface area contributed by atoms with Crippen molar-refractivity contribution in [1.82, 2.24) is 9.80 Å². The molecule has 23 heavy (non-hydrogen) atoms. The van der Waals surface area contributed by atoms with Gasteiger partial charge in [0.1, 0.15) is 6.04 Å². The number of carbonyl (C=O) groups excluding carboxylic acids is 2. The summed E-state index contributed by atoms with van der Waals surface area (Å²) < 4.78 is 0. The van der Waals surface area contributed by atoms with Gasteiger partial charge in [-0.1, -0.05) is 18.2 Å². The molecule has 2 amide bonds. The summed E-state index contributed by atoms with van der Waals surface area (Å²) in [4.78, 5) is 29.6. The van der Waals surface area contributed by atoms with Crippen LogP contribution in [0.25, 0.3) is 0 Å². The number of para-hydroxylation sites is 1. The summed E-state index contributed by atoms with van der Waals surface area (Å²) in [6.07, 6.45) is 1.28. The first-order valence-electron chi connectivity index (χ1n) is 8.02. The fraction of sp³-hybridized carbons (Fsp3) is 0.529. The average Bonchev–Trinajstić information content (AvgIpc) is 2.55. The van der Waals surface area contributed by atoms with Crippen LogP contribution < -0.4 is 10.6 Å². The lowest BCUT2D eigenvalue weighted by atomic mass is 10.1. The van der Waals surface area contributed by atoms with E-state index in [1.807, 2.05) is 37.2 Å². The Morgan fingerprint density at radius 2 is 1.96 bits per heavy atom. The Balaban J connectivity index is 1.77. The average molecular weight is 318 g/mol. The molecule has 1 atom stereocenters. The van der Waals surface area contributed by atoms with Crippen LogP contribution in [0.3, 0.4) is 0 Å². The number of nitrogens with two attached hydrogens (primary N) is 1. The predicted molar refractivity (Wildman–Crippen MR) is 91.1 cm³/mol. The molecule has 0 spiro atoms. The molecule has 0 unspecified atom stereocenters. The summed E-state index contributed by atoms with van der Waals surface area (Å²) in [7, 11) is 3.89. The van der Waals surface area contributed by atoms with Crippen LogP contribution in [0, 0.1) is 0 Å². The van der Waals surface area contributed by atoms with Gasteiger partial charge >= 0.3 is 0 Å². The van der Waals surface area contributed by atoms with Gasteiger partial charge in [0.15, 0.2) is 0 Å². The molecule has 6 nitrogen and oxygen atoms in total. The minimum Gasteiger partial charge on any atom is -0.375 e. The van der Waals surface area contributed by atoms with Crippen molar-refractivity contribution < 1.29 is 9.59 Å². The molecule has 1 aliphatic rings. The van der Waals surface area contributed by atoms with Crippen LogP contribution in [-0.2, 0) is 9.59 Å². The number of anilines is 1. The Kier molecular flexibility index (Phi) is 5.98. The normalized spacial score (nSPS) is 18.7. The highest BCUT2D eigenvalue weighted by Gasteiger charge is 2.30. The molecule has 1 aliphatic heterocycles. The van der Waals surface area contributed by atoms with Crippen LogP contribution in [0.2, 0.25) is 0 Å². The van der Waals surface area contributed by atoms with E-state index in [1.165, 1.54) is 0 Å². The van der Waals surface area contributed by atoms with Crippen molar-refractivity contribution in [3.05, 3.63) is 30.3 Å². The molecule has 1 aromatic rings. The summed E-state index contributed by atoms with van der Waals surface area (Å²) in [5.74, 6) is -0.264. The van der Waals surface area contributed by atoms with E-state index in [0.29, 0.717) is 26.1 Å². The van der Waals surface area contributed by atoms with E-state index in [-0.39, 0.29) is 17.9 Å². The lowest BCUT2D eigenvalue weighted by Gasteiger charge is -2.37. The van der Waals surface area contributed by atoms with E-state index in [9.17, 15) is 9.59 Å². The maximum atomic E-state index is 12.3. The summed E-state index contributed by atoms with van der Waals surface area (Å²) in [6.45, 7) is 2.57. The Hall–Kier alpha value is -2.08. The summed E-state index contributed by atoms with van der Waals surface area (Å²) >= 11 is 0. The highest BCUT2D eigenvalue weighted by atomic mass is 16.2. The molecule has 126 valence electrons. The van der Waals surface area contributed by atoms with Gasteiger partial charge in [-0.3, -0.25) is 14.5 Å². The van der Waals surface area contributed by atoms with Gasteiger partial charge in [-0.15, -0.1) is 0 Å². The molecule has 1 fully saturated rings. The van der Waals surface area contributed by atoms with Crippen molar-refractivity contribution in [2.75, 3.05) is 45.2 Å². The van der Waals surface area contributed by atoms with Crippen molar-refractivity contribution in [1.29, 1.82) is 0 Å². The van der Waals surface area contributed by atoms with Crippen molar-refractivity contribution in [3.63, 3.8) is 0 Å². The molecule has 0 aromatic heterocycles. The fourth-order valence-electron chi connectivity index (χ4n) is 2.84. The van der Waals surface area contributed by atoms with Crippen LogP contribution in [0.1, 0.15) is 12.8 Å². The van der Waals surface area contributed by atoms with Crippen molar-refractivity contribution in [3.8, 4) is 0 Å². The number of hydrogen-bond acceptors (Lipinski definition) is 4. The minimum atomic E-state index is -0.375. The highest BCUT2D eigenvalue weighted by molar-refractivity contribution is 5.82. The molecular weight excluding hydrogens is 292 g/mol. The maximum absolute atomic E-state index is 12.3. The number of benzene rings is 1. The number of primary amides is 1. The van der Waals surface area contributed by atoms with Crippen molar-refractivity contribution >= 4 is 17.5 Å². The molecule has 0 saturated carbocycles. The lowest BCUT2D eigenvalue weighted by Crippen LogP contribution is -2.57. The van der Waals surface area contributed by atoms with E-state index in [4.69, 9.17) is 5.73 Å². The lowest BCUT2D eigenvalue weighted by molar-refractivity contribution is -0.136. The molecule has 1 saturated heterocycles. The number of amides is 2. The van der Waals surface area contributed by atoms with Gasteiger partial charge in [0.2, 0.25) is 11.8 Å². The van der Waals surface area contributed by atoms with Gasteiger partial charge in [0.05, 0.1) is 0 Å². The van der Waals surface area contributed by atoms with E-state index < -0.39 is 0 Å². The first-order valence-corrected chi connectivity index (χ1v) is 8.02. The zero-order valence-corrected chi connectivity index (χ0v) is 13.9. The second-order valence-electron chi connectivity index (χ2n) is 6.10. The van der Waals surface area contributed by atoms with Gasteiger partial charge in [0, 0.05) is 45.3 Å². The van der Waals surface area contributed by atoms with Crippen LogP contribution in [0.15, 0.2) is 30.3 Å². The van der Waals surface area contributed by atoms with E-state index in [1.54, 1.807) is 4.90 Å². The Morgan fingerprint density at radius 1 is 1.26 bits per heavy atom. The molecule has 0 aliphatic carbocycles. The second kappa shape index (κ2) is 7.97. The van der Waals surface area contributed by atoms with Gasteiger partial charge in [-0.05, 0) is 25.6 Å². The largest absolute Gasteiger partial charge is 0.375 e. The first kappa shape index (κ1) is 17.3. The quantitative estimate of drug-likeness (QED) is 0.831. The highest BCUT2D eigenvalue weighted by Crippen LogP contribution is 2.13. The smallest absolute Gasteiger partial charge is 0.236 e. The summed E-state index contributed by atoms with van der Waals surface area (Å²) in [6, 6.07) is 9.74. The monoisotopic (exact) mass is 318 g/mol. The third-order valence-corrected chi connectivity index (χ3v) is 4.41. The third kappa shape index (κ3) is 4.69. The van der Waals surface area contributed by atoms with Gasteiger partial charge in [-0.25, -0.2) is 0 Å². The van der Waals surface area contributed by atoms with Gasteiger partial charge in [-0.2, -0.15) is 0 Å². The fourth-order valence-corrected chi connectivity index (χ4v) is 2.84. The summed E-state index contributed by atoms with van der Waals surface area (Å²) in [5, 5.41) is 0. The Labute approximate surface area is 137 Å². The van der Waals surface area contributed by atoms with Crippen LogP contribution in [-0.4, -0.2) is 67.9 Å². The van der Waals surface area contributed by atoms with E-state index >= 15 is 0 Å². The molecule has 1 aromatic carbocycles. The Bertz CT molecular complexity index is 535. The predicted octanol–water partition coefficient (Wildman–Crippen LogP) is 0.531. The number of carbonyl (C=O) groups is 2. The number of nitrogens with zero attached hydrogens (tertiary/aromatic N) is 3. The molecule has 1 heterocycles. The molecule has 2 rings (SSSR count). The molecule has 0 bridgehead atoms. The topological polar surface area (TPSA) is 69.9 Å². The molecule has 0 radical (unpaired) electrons. The Morgan fingerprint density at radius 3 is 2.61 bits per heavy atom. The number of rotatable bonds is 6. The van der Waals surface area contributed by atoms with Gasteiger partial charge in [0.25, 0.3) is 0 Å². The maximum Gasteiger partial charge on any atom is 0.236 e. The SMILES string of the molecule is CN(CCCC(=O)N1CCN(C)[C@@H](C(N)=O)C1)c1ccccc1. The first-order chi connectivity index (χ1) is 11.0. The molecular formula is C17H26N4O2. The number of piperazine rings is 1. The molecule has 2 N–H and O–H groups in total. The second-order valence-corrected chi connectivity index (χ2v) is 6.10. The van der Waals surface area contributed by atoms with Crippen molar-refractivity contribution in [2.24, 2.45) is 5.73 Å². The minimum absolute atomic E-state index is 0.103. The van der Waals surface area contributed by atoms with Crippen LogP contribution in [0.4, 0.5) is 5.69 Å². The van der Waals surface area contributed by atoms with Crippen LogP contribution in [0.5, 0.6) is 0 Å². The zero-order chi connectivity index (χ0) is 16.8. The van der Waals surface area contributed by atoms with Crippen LogP contribution >= 0.6 is 0 Å².